The van der Waals surface area contributed by atoms with Crippen LogP contribution in [0.2, 0.25) is 0 Å². The highest BCUT2D eigenvalue weighted by Gasteiger charge is 2.16. The molecule has 50 heavy (non-hydrogen) atoms. The molecular weight excluding hydrogens is 615 g/mol. The second-order valence-corrected chi connectivity index (χ2v) is 12.8. The lowest BCUT2D eigenvalue weighted by atomic mass is 9.94. The molecule has 0 bridgehead atoms. The fraction of sp³-hybridized carbons (Fsp3) is 0. The molecule has 232 valence electrons. The molecule has 3 aromatic heterocycles. The van der Waals surface area contributed by atoms with Crippen LogP contribution in [0.3, 0.4) is 0 Å². The van der Waals surface area contributed by atoms with Gasteiger partial charge in [-0.25, -0.2) is 15.0 Å². The molecule has 0 radical (unpaired) electrons. The minimum Gasteiger partial charge on any atom is -0.456 e. The molecule has 0 spiro atoms. The molecule has 0 N–H and O–H groups in total. The van der Waals surface area contributed by atoms with Gasteiger partial charge in [-0.3, -0.25) is 0 Å². The highest BCUT2D eigenvalue weighted by atomic mass is 16.3. The number of nitrogens with zero attached hydrogens (tertiary/aromatic N) is 3. The molecule has 0 aliphatic heterocycles. The molecule has 5 nitrogen and oxygen atoms in total. The van der Waals surface area contributed by atoms with Crippen molar-refractivity contribution < 1.29 is 8.83 Å². The third kappa shape index (κ3) is 4.10. The second-order valence-electron chi connectivity index (χ2n) is 12.8. The number of para-hydroxylation sites is 2. The van der Waals surface area contributed by atoms with Crippen LogP contribution in [0.15, 0.2) is 160 Å². The highest BCUT2D eigenvalue weighted by molar-refractivity contribution is 6.23. The number of hydrogen-bond acceptors (Lipinski definition) is 5. The van der Waals surface area contributed by atoms with Gasteiger partial charge in [-0.2, -0.15) is 0 Å². The summed E-state index contributed by atoms with van der Waals surface area (Å²) in [5, 5.41) is 11.4. The number of rotatable bonds is 3. The lowest BCUT2D eigenvalue weighted by molar-refractivity contribution is 0.669. The normalized spacial score (nSPS) is 12.0. The average Bonchev–Trinajstić information content (AvgIpc) is 3.74. The monoisotopic (exact) mass is 639 g/mol. The molecule has 0 saturated heterocycles. The van der Waals surface area contributed by atoms with Crippen LogP contribution in [0, 0.1) is 0 Å². The van der Waals surface area contributed by atoms with Gasteiger partial charge in [-0.05, 0) is 74.8 Å². The first-order chi connectivity index (χ1) is 24.7. The lowest BCUT2D eigenvalue weighted by Gasteiger charge is -2.11. The van der Waals surface area contributed by atoms with Gasteiger partial charge in [-0.1, -0.05) is 109 Å². The van der Waals surface area contributed by atoms with Crippen molar-refractivity contribution in [2.45, 2.75) is 0 Å². The Morgan fingerprint density at radius 2 is 0.820 bits per heavy atom. The Morgan fingerprint density at radius 1 is 0.300 bits per heavy atom. The van der Waals surface area contributed by atoms with Crippen molar-refractivity contribution in [1.29, 1.82) is 0 Å². The first-order valence-corrected chi connectivity index (χ1v) is 16.7. The molecule has 0 fully saturated rings. The molecule has 3 heterocycles. The van der Waals surface area contributed by atoms with Gasteiger partial charge in [0.25, 0.3) is 0 Å². The first kappa shape index (κ1) is 27.1. The number of fused-ring (bicyclic) bond motifs is 11. The minimum atomic E-state index is 0.593. The lowest BCUT2D eigenvalue weighted by Crippen LogP contribution is -2.00. The van der Waals surface area contributed by atoms with E-state index in [9.17, 15) is 0 Å². The highest BCUT2D eigenvalue weighted by Crippen LogP contribution is 2.39. The van der Waals surface area contributed by atoms with Crippen molar-refractivity contribution in [2.75, 3.05) is 0 Å². The van der Waals surface area contributed by atoms with Gasteiger partial charge in [-0.15, -0.1) is 0 Å². The van der Waals surface area contributed by atoms with Gasteiger partial charge < -0.3 is 8.83 Å². The number of aromatic nitrogens is 3. The standard InChI is InChI=1S/C45H25N3O2/c1-2-8-27(9-3-1)43-46-44(48-45(47-43)31-19-21-35-33-10-4-6-12-38(33)49-40(35)24-31)30-18-20-32-28(22-30)16-14-26-15-17-29-23-37-34-11-5-7-13-39(34)50-41(37)25-36(29)42(26)32/h1-25H. The van der Waals surface area contributed by atoms with E-state index in [2.05, 4.69) is 84.9 Å². The van der Waals surface area contributed by atoms with E-state index in [1.165, 1.54) is 26.9 Å². The minimum absolute atomic E-state index is 0.593. The van der Waals surface area contributed by atoms with E-state index < -0.39 is 0 Å². The van der Waals surface area contributed by atoms with Gasteiger partial charge in [0.2, 0.25) is 0 Å². The van der Waals surface area contributed by atoms with Gasteiger partial charge in [0.1, 0.15) is 22.3 Å². The summed E-state index contributed by atoms with van der Waals surface area (Å²) in [6.07, 6.45) is 0. The average molecular weight is 640 g/mol. The van der Waals surface area contributed by atoms with Crippen LogP contribution in [-0.4, -0.2) is 15.0 Å². The van der Waals surface area contributed by atoms with E-state index in [1.807, 2.05) is 66.7 Å². The van der Waals surface area contributed by atoms with E-state index in [1.54, 1.807) is 0 Å². The molecule has 5 heteroatoms. The van der Waals surface area contributed by atoms with Gasteiger partial charge >= 0.3 is 0 Å². The van der Waals surface area contributed by atoms with Crippen molar-refractivity contribution in [2.24, 2.45) is 0 Å². The van der Waals surface area contributed by atoms with Crippen LogP contribution in [-0.2, 0) is 0 Å². The largest absolute Gasteiger partial charge is 0.456 e. The first-order valence-electron chi connectivity index (χ1n) is 16.7. The number of hydrogen-bond donors (Lipinski definition) is 0. The molecule has 0 saturated carbocycles. The van der Waals surface area contributed by atoms with E-state index in [4.69, 9.17) is 23.8 Å². The predicted molar refractivity (Wildman–Crippen MR) is 203 cm³/mol. The van der Waals surface area contributed by atoms with Crippen LogP contribution >= 0.6 is 0 Å². The summed E-state index contributed by atoms with van der Waals surface area (Å²) in [5.41, 5.74) is 6.18. The summed E-state index contributed by atoms with van der Waals surface area (Å²) in [4.78, 5) is 15.0. The fourth-order valence-corrected chi connectivity index (χ4v) is 7.46. The summed E-state index contributed by atoms with van der Waals surface area (Å²) in [6, 6.07) is 52.3. The van der Waals surface area contributed by atoms with Crippen LogP contribution < -0.4 is 0 Å². The molecule has 0 aliphatic carbocycles. The summed E-state index contributed by atoms with van der Waals surface area (Å²) in [5.74, 6) is 1.83. The SMILES string of the molecule is c1ccc(-c2nc(-c3ccc4c(ccc5ccc6cc7c(cc6c54)oc4ccccc47)c3)nc(-c3ccc4c(c3)oc3ccccc34)n2)cc1. The zero-order valence-corrected chi connectivity index (χ0v) is 26.6. The van der Waals surface area contributed by atoms with Crippen molar-refractivity contribution >= 4 is 76.2 Å². The summed E-state index contributed by atoms with van der Waals surface area (Å²) < 4.78 is 12.5. The Hall–Kier alpha value is -6.85. The zero-order valence-electron chi connectivity index (χ0n) is 26.6. The van der Waals surface area contributed by atoms with Crippen LogP contribution in [0.4, 0.5) is 0 Å². The smallest absolute Gasteiger partial charge is 0.164 e. The summed E-state index contributed by atoms with van der Waals surface area (Å²) in [7, 11) is 0. The molecule has 0 amide bonds. The quantitative estimate of drug-likeness (QED) is 0.180. The van der Waals surface area contributed by atoms with E-state index in [-0.39, 0.29) is 0 Å². The summed E-state index contributed by atoms with van der Waals surface area (Å²) >= 11 is 0. The predicted octanol–water partition coefficient (Wildman–Crippen LogP) is 12.1. The second kappa shape index (κ2) is 10.3. The number of benzene rings is 8. The van der Waals surface area contributed by atoms with Crippen molar-refractivity contribution in [1.82, 2.24) is 15.0 Å². The van der Waals surface area contributed by atoms with Gasteiger partial charge in [0.15, 0.2) is 17.5 Å². The van der Waals surface area contributed by atoms with Crippen LogP contribution in [0.25, 0.3) is 110 Å². The van der Waals surface area contributed by atoms with Crippen LogP contribution in [0.1, 0.15) is 0 Å². The third-order valence-corrected chi connectivity index (χ3v) is 9.88. The Labute approximate surface area is 285 Å². The Morgan fingerprint density at radius 3 is 1.54 bits per heavy atom. The molecular formula is C45H25N3O2. The molecule has 0 aliphatic rings. The maximum atomic E-state index is 6.30. The van der Waals surface area contributed by atoms with Gasteiger partial charge in [0.05, 0.1) is 0 Å². The van der Waals surface area contributed by atoms with E-state index in [0.717, 1.165) is 66.0 Å². The topological polar surface area (TPSA) is 65.0 Å². The fourth-order valence-electron chi connectivity index (χ4n) is 7.46. The van der Waals surface area contributed by atoms with E-state index >= 15 is 0 Å². The zero-order chi connectivity index (χ0) is 32.8. The van der Waals surface area contributed by atoms with Crippen molar-refractivity contribution in [3.8, 4) is 34.2 Å². The maximum Gasteiger partial charge on any atom is 0.164 e. The molecule has 8 aromatic carbocycles. The Balaban J connectivity index is 1.10. The Bertz CT molecular complexity index is 3160. The van der Waals surface area contributed by atoms with Crippen molar-refractivity contribution in [3.63, 3.8) is 0 Å². The molecule has 11 rings (SSSR count). The number of furan rings is 2. The molecule has 0 atom stereocenters. The molecule has 0 unspecified atom stereocenters. The van der Waals surface area contributed by atoms with Gasteiger partial charge in [0, 0.05) is 38.2 Å². The maximum absolute atomic E-state index is 6.30. The molecule has 11 aromatic rings. The Kier molecular flexibility index (Phi) is 5.60. The van der Waals surface area contributed by atoms with Crippen LogP contribution in [0.5, 0.6) is 0 Å². The van der Waals surface area contributed by atoms with E-state index in [0.29, 0.717) is 17.5 Å². The third-order valence-electron chi connectivity index (χ3n) is 9.88. The summed E-state index contributed by atoms with van der Waals surface area (Å²) in [6.45, 7) is 0. The van der Waals surface area contributed by atoms with Crippen molar-refractivity contribution in [3.05, 3.63) is 152 Å².